The van der Waals surface area contributed by atoms with E-state index in [1.165, 1.54) is 23.3 Å². The molecule has 0 aliphatic carbocycles. The van der Waals surface area contributed by atoms with Gasteiger partial charge in [0.1, 0.15) is 10.3 Å². The molecule has 2 rings (SSSR count). The van der Waals surface area contributed by atoms with Crippen molar-refractivity contribution in [3.05, 3.63) is 16.0 Å². The van der Waals surface area contributed by atoms with Gasteiger partial charge in [0.05, 0.1) is 12.7 Å². The third-order valence-electron chi connectivity index (χ3n) is 3.49. The van der Waals surface area contributed by atoms with Crippen molar-refractivity contribution >= 4 is 47.9 Å². The molecule has 1 aliphatic heterocycles. The molecule has 6 nitrogen and oxygen atoms in total. The monoisotopic (exact) mass is 351 g/mol. The molecule has 1 atom stereocenters. The Balaban J connectivity index is 2.46. The van der Waals surface area contributed by atoms with Gasteiger partial charge in [-0.2, -0.15) is 0 Å². The van der Waals surface area contributed by atoms with E-state index in [0.29, 0.717) is 10.6 Å². The normalized spacial score (nSPS) is 19.1. The van der Waals surface area contributed by atoms with Crippen LogP contribution in [0.5, 0.6) is 0 Å². The largest absolute Gasteiger partial charge is 0.465 e. The number of hydrogen-bond donors (Lipinski definition) is 0. The minimum atomic E-state index is -3.82. The number of ether oxygens (including phenoxy) is 1. The molecule has 1 aliphatic rings. The van der Waals surface area contributed by atoms with Crippen LogP contribution in [0.2, 0.25) is 0 Å². The first-order valence-electron chi connectivity index (χ1n) is 6.09. The van der Waals surface area contributed by atoms with Crippen molar-refractivity contribution in [2.45, 2.75) is 25.5 Å². The fourth-order valence-electron chi connectivity index (χ4n) is 2.20. The van der Waals surface area contributed by atoms with Crippen LogP contribution in [0, 0.1) is 13.8 Å². The van der Waals surface area contributed by atoms with E-state index in [0.717, 1.165) is 10.4 Å². The molecule has 0 spiro atoms. The number of aryl methyl sites for hydroxylation is 1. The maximum Gasteiger partial charge on any atom is 0.341 e. The van der Waals surface area contributed by atoms with Gasteiger partial charge in [0, 0.05) is 28.5 Å². The van der Waals surface area contributed by atoms with Gasteiger partial charge in [0.2, 0.25) is 15.0 Å². The second-order valence-corrected chi connectivity index (χ2v) is 8.87. The molecule has 0 bridgehead atoms. The van der Waals surface area contributed by atoms with Crippen LogP contribution in [0.25, 0.3) is 0 Å². The SMILES string of the molecule is COC(=O)c1c(N2CC(S(=O)(=O)Cl)CC2=O)sc(C)c1C. The molecule has 1 aromatic rings. The summed E-state index contributed by atoms with van der Waals surface area (Å²) in [5, 5.41) is -0.537. The summed E-state index contributed by atoms with van der Waals surface area (Å²) in [6.45, 7) is 3.54. The van der Waals surface area contributed by atoms with Gasteiger partial charge in [0.15, 0.2) is 0 Å². The number of rotatable bonds is 3. The lowest BCUT2D eigenvalue weighted by molar-refractivity contribution is -0.117. The lowest BCUT2D eigenvalue weighted by Crippen LogP contribution is -2.27. The van der Waals surface area contributed by atoms with E-state index >= 15 is 0 Å². The smallest absolute Gasteiger partial charge is 0.341 e. The molecule has 0 radical (unpaired) electrons. The highest BCUT2D eigenvalue weighted by molar-refractivity contribution is 8.14. The summed E-state index contributed by atoms with van der Waals surface area (Å²) in [6.07, 6.45) is -0.178. The van der Waals surface area contributed by atoms with Gasteiger partial charge in [-0.3, -0.25) is 4.79 Å². The summed E-state index contributed by atoms with van der Waals surface area (Å²) in [5.74, 6) is -0.910. The zero-order valence-electron chi connectivity index (χ0n) is 11.7. The first-order chi connectivity index (χ1) is 9.66. The Morgan fingerprint density at radius 3 is 2.52 bits per heavy atom. The summed E-state index contributed by atoms with van der Waals surface area (Å²) in [4.78, 5) is 26.2. The molecule has 0 saturated carbocycles. The molecular formula is C12H14ClNO5S2. The quantitative estimate of drug-likeness (QED) is 0.613. The Hall–Kier alpha value is -1.12. The average Bonchev–Trinajstić information content (AvgIpc) is 2.90. The summed E-state index contributed by atoms with van der Waals surface area (Å²) in [7, 11) is 2.77. The first kappa shape index (κ1) is 16.3. The summed E-state index contributed by atoms with van der Waals surface area (Å²) >= 11 is 1.26. The molecule has 1 aromatic heterocycles. The topological polar surface area (TPSA) is 80.8 Å². The van der Waals surface area contributed by atoms with E-state index in [2.05, 4.69) is 0 Å². The van der Waals surface area contributed by atoms with Crippen molar-refractivity contribution in [2.75, 3.05) is 18.6 Å². The van der Waals surface area contributed by atoms with Crippen LogP contribution in [-0.4, -0.2) is 39.2 Å². The third kappa shape index (κ3) is 2.93. The zero-order valence-corrected chi connectivity index (χ0v) is 14.1. The lowest BCUT2D eigenvalue weighted by Gasteiger charge is -2.15. The van der Waals surface area contributed by atoms with Crippen LogP contribution in [0.1, 0.15) is 27.2 Å². The number of anilines is 1. The van der Waals surface area contributed by atoms with E-state index in [1.54, 1.807) is 6.92 Å². The third-order valence-corrected chi connectivity index (χ3v) is 6.59. The van der Waals surface area contributed by atoms with Crippen LogP contribution >= 0.6 is 22.0 Å². The number of carbonyl (C=O) groups excluding carboxylic acids is 2. The number of carbonyl (C=O) groups is 2. The van der Waals surface area contributed by atoms with Gasteiger partial charge < -0.3 is 9.64 Å². The Bertz CT molecular complexity index is 709. The number of amides is 1. The molecule has 2 heterocycles. The Morgan fingerprint density at radius 1 is 1.43 bits per heavy atom. The Kier molecular flexibility index (Phi) is 4.32. The highest BCUT2D eigenvalue weighted by Gasteiger charge is 2.40. The second kappa shape index (κ2) is 5.58. The molecule has 1 saturated heterocycles. The van der Waals surface area contributed by atoms with Crippen LogP contribution in [0.15, 0.2) is 0 Å². The van der Waals surface area contributed by atoms with Gasteiger partial charge in [-0.15, -0.1) is 11.3 Å². The molecule has 9 heteroatoms. The van der Waals surface area contributed by atoms with E-state index in [-0.39, 0.29) is 18.9 Å². The maximum absolute atomic E-state index is 12.1. The van der Waals surface area contributed by atoms with Crippen LogP contribution in [0.4, 0.5) is 5.00 Å². The average molecular weight is 352 g/mol. The zero-order chi connectivity index (χ0) is 15.9. The van der Waals surface area contributed by atoms with Crippen LogP contribution < -0.4 is 4.90 Å². The predicted molar refractivity (Wildman–Crippen MR) is 80.7 cm³/mol. The molecule has 116 valence electrons. The van der Waals surface area contributed by atoms with E-state index in [4.69, 9.17) is 15.4 Å². The van der Waals surface area contributed by atoms with Crippen molar-refractivity contribution in [3.63, 3.8) is 0 Å². The lowest BCUT2D eigenvalue weighted by atomic mass is 10.1. The van der Waals surface area contributed by atoms with Gasteiger partial charge in [-0.05, 0) is 19.4 Å². The van der Waals surface area contributed by atoms with Gasteiger partial charge >= 0.3 is 5.97 Å². The van der Waals surface area contributed by atoms with Crippen molar-refractivity contribution in [1.29, 1.82) is 0 Å². The second-order valence-electron chi connectivity index (χ2n) is 4.76. The molecule has 0 aromatic carbocycles. The standard InChI is InChI=1S/C12H14ClNO5S2/c1-6-7(2)20-11(10(6)12(16)19-3)14-5-8(4-9(14)15)21(13,17)18/h8H,4-5H2,1-3H3. The minimum Gasteiger partial charge on any atom is -0.465 e. The number of methoxy groups -OCH3 is 1. The molecule has 1 unspecified atom stereocenters. The number of halogens is 1. The Morgan fingerprint density at radius 2 is 2.05 bits per heavy atom. The number of esters is 1. The van der Waals surface area contributed by atoms with Crippen molar-refractivity contribution in [3.8, 4) is 0 Å². The van der Waals surface area contributed by atoms with E-state index in [9.17, 15) is 18.0 Å². The Labute approximate surface area is 131 Å². The van der Waals surface area contributed by atoms with Crippen LogP contribution in [-0.2, 0) is 18.6 Å². The highest BCUT2D eigenvalue weighted by Crippen LogP contribution is 2.38. The van der Waals surface area contributed by atoms with Crippen molar-refractivity contribution in [1.82, 2.24) is 0 Å². The first-order valence-corrected chi connectivity index (χ1v) is 9.27. The van der Waals surface area contributed by atoms with Gasteiger partial charge in [0.25, 0.3) is 0 Å². The molecule has 1 amide bonds. The van der Waals surface area contributed by atoms with E-state index < -0.39 is 20.3 Å². The fraction of sp³-hybridized carbons (Fsp3) is 0.500. The van der Waals surface area contributed by atoms with Gasteiger partial charge in [-0.25, -0.2) is 13.2 Å². The van der Waals surface area contributed by atoms with Crippen molar-refractivity contribution < 1.29 is 22.7 Å². The summed E-state index contributed by atoms with van der Waals surface area (Å²) in [6, 6.07) is 0. The maximum atomic E-state index is 12.1. The van der Waals surface area contributed by atoms with Crippen LogP contribution in [0.3, 0.4) is 0 Å². The predicted octanol–water partition coefficient (Wildman–Crippen LogP) is 1.83. The van der Waals surface area contributed by atoms with Gasteiger partial charge in [-0.1, -0.05) is 0 Å². The summed E-state index contributed by atoms with van der Waals surface area (Å²) in [5.41, 5.74) is 1.04. The fourth-order valence-corrected chi connectivity index (χ4v) is 4.40. The van der Waals surface area contributed by atoms with E-state index in [1.807, 2.05) is 6.92 Å². The molecule has 21 heavy (non-hydrogen) atoms. The molecular weight excluding hydrogens is 338 g/mol. The molecule has 1 fully saturated rings. The molecule has 0 N–H and O–H groups in total. The minimum absolute atomic E-state index is 0.0476. The highest BCUT2D eigenvalue weighted by atomic mass is 35.7. The number of hydrogen-bond acceptors (Lipinski definition) is 6. The summed E-state index contributed by atoms with van der Waals surface area (Å²) < 4.78 is 27.5. The van der Waals surface area contributed by atoms with Crippen molar-refractivity contribution in [2.24, 2.45) is 0 Å². The number of nitrogens with zero attached hydrogens (tertiary/aromatic N) is 1. The number of thiophene rings is 1.